The first-order chi connectivity index (χ1) is 24.5. The predicted molar refractivity (Wildman–Crippen MR) is 154 cm³/mol. The molecule has 0 aliphatic rings. The average molecular weight is 746 g/mol. The largest absolute Gasteiger partial charge is 0.633 e. The van der Waals surface area contributed by atoms with E-state index >= 15 is 8.78 Å². The molecule has 0 radical (unpaired) electrons. The Morgan fingerprint density at radius 2 is 0.962 bits per heavy atom. The molecule has 0 spiro atoms. The second-order valence-electron chi connectivity index (χ2n) is 10.6. The summed E-state index contributed by atoms with van der Waals surface area (Å²) in [4.78, 5) is 0. The second-order valence-corrected chi connectivity index (χ2v) is 10.6. The highest BCUT2D eigenvalue weighted by atomic mass is 19.2. The number of hydrogen-bond donors (Lipinski definition) is 0. The standard InChI is InChI=1S/C34H10BF15O2/c36-11-9-14(23(40)18(39)10-11)12-3-1-2-4-19(12)51-35(15-6-8-16(37)20-13(15)5-7-17(38)24(20)41)52-34-22(27(44)30(47)32(49)33(34)50)21-25(42)28(45)31(48)29(46)26(21)43/h1-10H. The Morgan fingerprint density at radius 1 is 0.404 bits per heavy atom. The van der Waals surface area contributed by atoms with E-state index in [1.54, 1.807) is 0 Å². The summed E-state index contributed by atoms with van der Waals surface area (Å²) in [6.07, 6.45) is 0. The molecule has 0 heterocycles. The third-order valence-corrected chi connectivity index (χ3v) is 7.62. The maximum atomic E-state index is 15.6. The summed E-state index contributed by atoms with van der Waals surface area (Å²) in [5.74, 6) is -37.7. The Morgan fingerprint density at radius 3 is 1.62 bits per heavy atom. The van der Waals surface area contributed by atoms with Crippen LogP contribution in [0.4, 0.5) is 65.9 Å². The Kier molecular flexibility index (Phi) is 9.27. The summed E-state index contributed by atoms with van der Waals surface area (Å²) in [5, 5.41) is -1.90. The van der Waals surface area contributed by atoms with Gasteiger partial charge in [-0.15, -0.1) is 0 Å². The monoisotopic (exact) mass is 746 g/mol. The molecule has 6 aromatic carbocycles. The van der Waals surface area contributed by atoms with Crippen LogP contribution in [0.5, 0.6) is 11.5 Å². The van der Waals surface area contributed by atoms with Gasteiger partial charge in [0.15, 0.2) is 63.9 Å². The fourth-order valence-corrected chi connectivity index (χ4v) is 5.25. The molecular weight excluding hydrogens is 736 g/mol. The molecule has 18 heteroatoms. The van der Waals surface area contributed by atoms with Crippen molar-refractivity contribution in [2.24, 2.45) is 0 Å². The second kappa shape index (κ2) is 13.4. The van der Waals surface area contributed by atoms with Gasteiger partial charge in [0.05, 0.1) is 16.5 Å². The quantitative estimate of drug-likeness (QED) is 0.0701. The minimum Gasteiger partial charge on any atom is -0.521 e. The normalized spacial score (nSPS) is 11.4. The number of para-hydroxylation sites is 1. The van der Waals surface area contributed by atoms with Crippen molar-refractivity contribution < 1.29 is 75.2 Å². The number of benzene rings is 6. The number of hydrogen-bond acceptors (Lipinski definition) is 2. The number of rotatable bonds is 7. The van der Waals surface area contributed by atoms with E-state index in [0.717, 1.165) is 24.3 Å². The lowest BCUT2D eigenvalue weighted by atomic mass is 9.75. The van der Waals surface area contributed by atoms with E-state index in [1.165, 1.54) is 0 Å². The summed E-state index contributed by atoms with van der Waals surface area (Å²) < 4.78 is 230. The number of halogens is 15. The summed E-state index contributed by atoms with van der Waals surface area (Å²) in [6, 6.07) is 6.98. The molecule has 0 unspecified atom stereocenters. The van der Waals surface area contributed by atoms with Crippen LogP contribution in [0.2, 0.25) is 0 Å². The molecule has 0 saturated carbocycles. The van der Waals surface area contributed by atoms with E-state index in [0.29, 0.717) is 30.3 Å². The Hall–Kier alpha value is -5.81. The number of fused-ring (bicyclic) bond motifs is 1. The molecule has 6 rings (SSSR count). The summed E-state index contributed by atoms with van der Waals surface area (Å²) in [6.45, 7) is 0. The zero-order valence-electron chi connectivity index (χ0n) is 24.8. The van der Waals surface area contributed by atoms with E-state index < -0.39 is 144 Å². The zero-order valence-corrected chi connectivity index (χ0v) is 24.8. The maximum Gasteiger partial charge on any atom is 0.633 e. The van der Waals surface area contributed by atoms with Crippen LogP contribution in [0.15, 0.2) is 60.7 Å². The van der Waals surface area contributed by atoms with Gasteiger partial charge in [0, 0.05) is 22.7 Å². The van der Waals surface area contributed by atoms with Gasteiger partial charge < -0.3 is 9.31 Å². The molecule has 0 atom stereocenters. The van der Waals surface area contributed by atoms with Crippen molar-refractivity contribution in [3.63, 3.8) is 0 Å². The summed E-state index contributed by atoms with van der Waals surface area (Å²) in [7, 11) is -2.70. The zero-order chi connectivity index (χ0) is 37.9. The lowest BCUT2D eigenvalue weighted by Crippen LogP contribution is -2.44. The Bertz CT molecular complexity index is 2430. The molecule has 52 heavy (non-hydrogen) atoms. The van der Waals surface area contributed by atoms with E-state index in [9.17, 15) is 57.1 Å². The highest BCUT2D eigenvalue weighted by molar-refractivity contribution is 6.66. The Balaban J connectivity index is 1.67. The first-order valence-corrected chi connectivity index (χ1v) is 14.1. The van der Waals surface area contributed by atoms with Crippen LogP contribution in [0.25, 0.3) is 33.0 Å². The van der Waals surface area contributed by atoms with E-state index in [2.05, 4.69) is 0 Å². The van der Waals surface area contributed by atoms with Crippen molar-refractivity contribution in [2.45, 2.75) is 0 Å². The molecule has 0 N–H and O–H groups in total. The SMILES string of the molecule is Fc1cc(F)c(F)c(-c2ccccc2OB(Oc2c(F)c(F)c(F)c(F)c2-c2c(F)c(F)c(F)c(F)c2F)c2ccc(F)c3c(F)c(F)ccc23)c1. The molecular formula is C34H10BF15O2. The minimum absolute atomic E-state index is 0.161. The highest BCUT2D eigenvalue weighted by Crippen LogP contribution is 2.43. The maximum absolute atomic E-state index is 15.6. The van der Waals surface area contributed by atoms with Gasteiger partial charge in [0.1, 0.15) is 17.4 Å². The third kappa shape index (κ3) is 5.80. The highest BCUT2D eigenvalue weighted by Gasteiger charge is 2.39. The topological polar surface area (TPSA) is 18.5 Å². The fourth-order valence-electron chi connectivity index (χ4n) is 5.25. The van der Waals surface area contributed by atoms with Crippen LogP contribution in [0.3, 0.4) is 0 Å². The van der Waals surface area contributed by atoms with Crippen molar-refractivity contribution in [3.05, 3.63) is 148 Å². The van der Waals surface area contributed by atoms with E-state index in [-0.39, 0.29) is 6.07 Å². The van der Waals surface area contributed by atoms with Gasteiger partial charge in [0.25, 0.3) is 0 Å². The van der Waals surface area contributed by atoms with Gasteiger partial charge in [-0.05, 0) is 29.7 Å². The van der Waals surface area contributed by atoms with Gasteiger partial charge in [0.2, 0.25) is 17.5 Å². The van der Waals surface area contributed by atoms with Gasteiger partial charge in [-0.25, -0.2) is 61.5 Å². The van der Waals surface area contributed by atoms with Crippen LogP contribution in [0, 0.1) is 87.3 Å². The lowest BCUT2D eigenvalue weighted by molar-refractivity contribution is 0.367. The van der Waals surface area contributed by atoms with Crippen LogP contribution < -0.4 is 14.8 Å². The van der Waals surface area contributed by atoms with Crippen molar-refractivity contribution in [1.82, 2.24) is 0 Å². The Labute approximate surface area is 280 Å². The van der Waals surface area contributed by atoms with Crippen LogP contribution in [0.1, 0.15) is 0 Å². The molecule has 6 aromatic rings. The van der Waals surface area contributed by atoms with Gasteiger partial charge >= 0.3 is 7.12 Å². The van der Waals surface area contributed by atoms with E-state index in [4.69, 9.17) is 9.31 Å². The molecule has 0 aromatic heterocycles. The first-order valence-electron chi connectivity index (χ1n) is 14.1. The third-order valence-electron chi connectivity index (χ3n) is 7.62. The van der Waals surface area contributed by atoms with Crippen molar-refractivity contribution >= 4 is 23.4 Å². The fraction of sp³-hybridized carbons (Fsp3) is 0. The summed E-state index contributed by atoms with van der Waals surface area (Å²) >= 11 is 0. The van der Waals surface area contributed by atoms with Crippen molar-refractivity contribution in [2.75, 3.05) is 0 Å². The van der Waals surface area contributed by atoms with Crippen LogP contribution >= 0.6 is 0 Å². The van der Waals surface area contributed by atoms with Crippen LogP contribution in [-0.4, -0.2) is 7.12 Å². The smallest absolute Gasteiger partial charge is 0.521 e. The van der Waals surface area contributed by atoms with Crippen molar-refractivity contribution in [1.29, 1.82) is 0 Å². The summed E-state index contributed by atoms with van der Waals surface area (Å²) in [5.41, 5.74) is -6.84. The van der Waals surface area contributed by atoms with Gasteiger partial charge in [-0.3, -0.25) is 0 Å². The molecule has 0 aliphatic carbocycles. The molecule has 266 valence electrons. The predicted octanol–water partition coefficient (Wildman–Crippen LogP) is 10.1. The molecule has 2 nitrogen and oxygen atoms in total. The average Bonchev–Trinajstić information content (AvgIpc) is 3.12. The van der Waals surface area contributed by atoms with Gasteiger partial charge in [-0.1, -0.05) is 30.3 Å². The molecule has 0 fully saturated rings. The molecule has 0 amide bonds. The van der Waals surface area contributed by atoms with Crippen molar-refractivity contribution in [3.8, 4) is 33.8 Å². The molecule has 0 aliphatic heterocycles. The minimum atomic E-state index is -2.84. The molecule has 0 saturated heterocycles. The first kappa shape index (κ1) is 36.0. The van der Waals surface area contributed by atoms with Crippen LogP contribution in [-0.2, 0) is 0 Å². The van der Waals surface area contributed by atoms with E-state index in [1.807, 2.05) is 0 Å². The lowest BCUT2D eigenvalue weighted by Gasteiger charge is -2.23. The molecule has 0 bridgehead atoms. The van der Waals surface area contributed by atoms with Gasteiger partial charge in [-0.2, -0.15) is 4.39 Å².